The van der Waals surface area contributed by atoms with Gasteiger partial charge in [0, 0.05) is 0 Å². The van der Waals surface area contributed by atoms with Crippen LogP contribution in [-0.2, 0) is 6.42 Å². The number of allylic oxidation sites excluding steroid dienone is 1. The Labute approximate surface area is 147 Å². The van der Waals surface area contributed by atoms with Crippen LogP contribution in [0, 0.1) is 23.2 Å². The number of hydrogen-bond donors (Lipinski definition) is 1. The summed E-state index contributed by atoms with van der Waals surface area (Å²) in [6.07, 6.45) is 8.27. The van der Waals surface area contributed by atoms with E-state index in [0.717, 1.165) is 24.7 Å². The molecule has 0 aromatic heterocycles. The van der Waals surface area contributed by atoms with Gasteiger partial charge >= 0.3 is 0 Å². The van der Waals surface area contributed by atoms with Crippen LogP contribution in [0.5, 0.6) is 0 Å². The number of rotatable bonds is 3. The van der Waals surface area contributed by atoms with Gasteiger partial charge in [-0.3, -0.25) is 0 Å². The second-order valence-electron chi connectivity index (χ2n) is 9.09. The number of aliphatic hydroxyl groups is 1. The van der Waals surface area contributed by atoms with Crippen molar-refractivity contribution < 1.29 is 5.11 Å². The van der Waals surface area contributed by atoms with Gasteiger partial charge in [-0.25, -0.2) is 0 Å². The van der Waals surface area contributed by atoms with Crippen LogP contribution in [0.2, 0.25) is 0 Å². The molecule has 0 aliphatic heterocycles. The average molecular weight is 325 g/mol. The van der Waals surface area contributed by atoms with Gasteiger partial charge in [-0.05, 0) is 92.1 Å². The highest BCUT2D eigenvalue weighted by atomic mass is 16.3. The van der Waals surface area contributed by atoms with Crippen LogP contribution in [0.25, 0.3) is 0 Å². The van der Waals surface area contributed by atoms with Crippen LogP contribution in [0.1, 0.15) is 69.4 Å². The second-order valence-corrected chi connectivity index (χ2v) is 9.09. The van der Waals surface area contributed by atoms with Crippen molar-refractivity contribution in [3.63, 3.8) is 0 Å². The molecule has 1 heteroatoms. The van der Waals surface area contributed by atoms with Crippen LogP contribution < -0.4 is 0 Å². The van der Waals surface area contributed by atoms with E-state index in [0.29, 0.717) is 11.8 Å². The summed E-state index contributed by atoms with van der Waals surface area (Å²) < 4.78 is 0. The van der Waals surface area contributed by atoms with E-state index in [1.165, 1.54) is 37.7 Å². The van der Waals surface area contributed by atoms with Crippen molar-refractivity contribution in [1.29, 1.82) is 0 Å². The lowest BCUT2D eigenvalue weighted by molar-refractivity contribution is -0.0392. The first kappa shape index (κ1) is 16.4. The van der Waals surface area contributed by atoms with E-state index in [4.69, 9.17) is 0 Å². The molecule has 0 bridgehead atoms. The van der Waals surface area contributed by atoms with Crippen LogP contribution in [0.3, 0.4) is 0 Å². The van der Waals surface area contributed by atoms with E-state index in [1.54, 1.807) is 11.1 Å². The van der Waals surface area contributed by atoms with Crippen molar-refractivity contribution >= 4 is 0 Å². The van der Waals surface area contributed by atoms with Crippen molar-refractivity contribution in [1.82, 2.24) is 0 Å². The maximum atomic E-state index is 10.7. The molecular weight excluding hydrogens is 292 g/mol. The molecule has 4 rings (SSSR count). The molecule has 6 atom stereocenters. The highest BCUT2D eigenvalue weighted by Gasteiger charge is 2.56. The monoisotopic (exact) mass is 324 g/mol. The fraction of sp³-hybridized carbons (Fsp3) is 0.652. The van der Waals surface area contributed by atoms with Crippen LogP contribution in [-0.4, -0.2) is 11.2 Å². The zero-order valence-electron chi connectivity index (χ0n) is 15.3. The molecule has 2 saturated carbocycles. The SMILES string of the molecule is C=C(C)CCC1Cc2ccccc2C2CCC3(C)C(O)CCC3C12. The summed E-state index contributed by atoms with van der Waals surface area (Å²) in [4.78, 5) is 0. The minimum Gasteiger partial charge on any atom is -0.393 e. The minimum atomic E-state index is -0.0811. The van der Waals surface area contributed by atoms with Gasteiger partial charge in [0.1, 0.15) is 0 Å². The number of hydrogen-bond acceptors (Lipinski definition) is 1. The Morgan fingerprint density at radius 1 is 1.25 bits per heavy atom. The normalized spacial score (nSPS) is 40.5. The molecule has 24 heavy (non-hydrogen) atoms. The summed E-state index contributed by atoms with van der Waals surface area (Å²) in [6, 6.07) is 9.18. The number of benzene rings is 1. The summed E-state index contributed by atoms with van der Waals surface area (Å²) in [6.45, 7) is 8.68. The van der Waals surface area contributed by atoms with E-state index >= 15 is 0 Å². The summed E-state index contributed by atoms with van der Waals surface area (Å²) in [5, 5.41) is 10.7. The maximum absolute atomic E-state index is 10.7. The Hall–Kier alpha value is -1.08. The van der Waals surface area contributed by atoms with Gasteiger partial charge in [-0.2, -0.15) is 0 Å². The molecule has 0 heterocycles. The molecule has 1 nitrogen and oxygen atoms in total. The van der Waals surface area contributed by atoms with Crippen LogP contribution in [0.15, 0.2) is 36.4 Å². The summed E-state index contributed by atoms with van der Waals surface area (Å²) in [5.74, 6) is 2.94. The number of aliphatic hydroxyl groups excluding tert-OH is 1. The van der Waals surface area contributed by atoms with Gasteiger partial charge in [0.2, 0.25) is 0 Å². The highest BCUT2D eigenvalue weighted by molar-refractivity contribution is 5.35. The molecule has 6 unspecified atom stereocenters. The first-order valence-electron chi connectivity index (χ1n) is 9.91. The van der Waals surface area contributed by atoms with Crippen LogP contribution in [0.4, 0.5) is 0 Å². The molecular formula is C23H32O. The molecule has 3 aliphatic carbocycles. The van der Waals surface area contributed by atoms with Gasteiger partial charge in [0.05, 0.1) is 6.10 Å². The van der Waals surface area contributed by atoms with E-state index in [2.05, 4.69) is 44.7 Å². The summed E-state index contributed by atoms with van der Waals surface area (Å²) in [5.41, 5.74) is 4.69. The van der Waals surface area contributed by atoms with E-state index in [9.17, 15) is 5.11 Å². The first-order valence-corrected chi connectivity index (χ1v) is 9.91. The molecule has 1 aromatic rings. The molecule has 130 valence electrons. The van der Waals surface area contributed by atoms with Gasteiger partial charge in [-0.15, -0.1) is 6.58 Å². The van der Waals surface area contributed by atoms with Gasteiger partial charge < -0.3 is 5.11 Å². The van der Waals surface area contributed by atoms with E-state index in [1.807, 2.05) is 0 Å². The third-order valence-corrected chi connectivity index (χ3v) is 7.71. The fourth-order valence-corrected chi connectivity index (χ4v) is 6.41. The first-order chi connectivity index (χ1) is 11.5. The van der Waals surface area contributed by atoms with Gasteiger partial charge in [0.15, 0.2) is 0 Å². The van der Waals surface area contributed by atoms with E-state index < -0.39 is 0 Å². The predicted octanol–water partition coefficient (Wildman–Crippen LogP) is 5.49. The zero-order valence-corrected chi connectivity index (χ0v) is 15.3. The van der Waals surface area contributed by atoms with Crippen molar-refractivity contribution in [2.75, 3.05) is 0 Å². The zero-order chi connectivity index (χ0) is 16.9. The predicted molar refractivity (Wildman–Crippen MR) is 100.0 cm³/mol. The lowest BCUT2D eigenvalue weighted by atomic mass is 9.52. The highest BCUT2D eigenvalue weighted by Crippen LogP contribution is 2.62. The lowest BCUT2D eigenvalue weighted by Crippen LogP contribution is -2.47. The smallest absolute Gasteiger partial charge is 0.0596 e. The molecule has 0 radical (unpaired) electrons. The Morgan fingerprint density at radius 3 is 2.83 bits per heavy atom. The average Bonchev–Trinajstić information content (AvgIpc) is 2.87. The lowest BCUT2D eigenvalue weighted by Gasteiger charge is -2.53. The third-order valence-electron chi connectivity index (χ3n) is 7.71. The summed E-state index contributed by atoms with van der Waals surface area (Å²) in [7, 11) is 0. The number of fused-ring (bicyclic) bond motifs is 5. The van der Waals surface area contributed by atoms with E-state index in [-0.39, 0.29) is 11.5 Å². The maximum Gasteiger partial charge on any atom is 0.0596 e. The quantitative estimate of drug-likeness (QED) is 0.729. The van der Waals surface area contributed by atoms with Gasteiger partial charge in [-0.1, -0.05) is 36.8 Å². The van der Waals surface area contributed by atoms with Crippen molar-refractivity contribution in [3.05, 3.63) is 47.5 Å². The largest absolute Gasteiger partial charge is 0.393 e. The second kappa shape index (κ2) is 6.02. The van der Waals surface area contributed by atoms with Crippen molar-refractivity contribution in [2.45, 2.75) is 70.8 Å². The Balaban J connectivity index is 1.71. The Bertz CT molecular complexity index is 633. The van der Waals surface area contributed by atoms with Crippen molar-refractivity contribution in [2.24, 2.45) is 23.2 Å². The molecule has 0 saturated heterocycles. The van der Waals surface area contributed by atoms with Crippen molar-refractivity contribution in [3.8, 4) is 0 Å². The van der Waals surface area contributed by atoms with Crippen LogP contribution >= 0.6 is 0 Å². The Kier molecular flexibility index (Phi) is 4.11. The minimum absolute atomic E-state index is 0.0811. The summed E-state index contributed by atoms with van der Waals surface area (Å²) >= 11 is 0. The topological polar surface area (TPSA) is 20.2 Å². The molecule has 0 amide bonds. The standard InChI is InChI=1S/C23H32O/c1-15(2)8-9-17-14-16-6-4-5-7-18(16)19-12-13-23(3)20(22(17)19)10-11-21(23)24/h4-7,17,19-22,24H,1,8-14H2,2-3H3. The molecule has 1 N–H and O–H groups in total. The van der Waals surface area contributed by atoms with Gasteiger partial charge in [0.25, 0.3) is 0 Å². The molecule has 2 fully saturated rings. The molecule has 1 aromatic carbocycles. The fourth-order valence-electron chi connectivity index (χ4n) is 6.41. The Morgan fingerprint density at radius 2 is 2.04 bits per heavy atom. The third kappa shape index (κ3) is 2.47. The molecule has 0 spiro atoms. The molecule has 3 aliphatic rings.